The Balaban J connectivity index is 1.34. The zero-order valence-corrected chi connectivity index (χ0v) is 19.4. The van der Waals surface area contributed by atoms with E-state index in [9.17, 15) is 17.6 Å². The van der Waals surface area contributed by atoms with Gasteiger partial charge in [-0.15, -0.1) is 0 Å². The molecule has 0 bridgehead atoms. The lowest BCUT2D eigenvalue weighted by atomic mass is 10.1. The normalized spacial score (nSPS) is 17.9. The zero-order valence-electron chi connectivity index (χ0n) is 18.6. The molecule has 2 aromatic heterocycles. The maximum absolute atomic E-state index is 14.6. The lowest BCUT2D eigenvalue weighted by molar-refractivity contribution is 0.0728. The number of morpholine rings is 1. The molecule has 0 atom stereocenters. The van der Waals surface area contributed by atoms with Gasteiger partial charge in [0.05, 0.1) is 23.7 Å². The molecule has 13 heteroatoms. The van der Waals surface area contributed by atoms with Crippen molar-refractivity contribution in [2.45, 2.75) is 11.8 Å². The Hall–Kier alpha value is -3.16. The maximum Gasteiger partial charge on any atom is 0.256 e. The standard InChI is InChI=1S/C21H24FN7O4S/c1-15-12-19(29-21(25-15)23-14-24-29)26-4-6-27(7-5-26)20(30)17-13-16(2-3-18(17)22)34(31,32)28-8-10-33-11-9-28/h2-3,12-14H,4-11H2,1H3. The second-order valence-corrected chi connectivity index (χ2v) is 10.1. The third-order valence-corrected chi connectivity index (χ3v) is 7.92. The second kappa shape index (κ2) is 8.89. The average molecular weight is 490 g/mol. The summed E-state index contributed by atoms with van der Waals surface area (Å²) < 4.78 is 48.7. The summed E-state index contributed by atoms with van der Waals surface area (Å²) in [6.45, 7) is 4.60. The van der Waals surface area contributed by atoms with Crippen LogP contribution in [-0.2, 0) is 14.8 Å². The van der Waals surface area contributed by atoms with Crippen molar-refractivity contribution < 1.29 is 22.3 Å². The molecule has 0 N–H and O–H groups in total. The number of carbonyl (C=O) groups excluding carboxylic acids is 1. The Morgan fingerprint density at radius 2 is 1.79 bits per heavy atom. The first-order valence-electron chi connectivity index (χ1n) is 10.9. The molecule has 0 aliphatic carbocycles. The van der Waals surface area contributed by atoms with Crippen LogP contribution in [0.3, 0.4) is 0 Å². The van der Waals surface area contributed by atoms with Crippen LogP contribution in [0.15, 0.2) is 35.5 Å². The van der Waals surface area contributed by atoms with E-state index in [-0.39, 0.29) is 23.5 Å². The highest BCUT2D eigenvalue weighted by Crippen LogP contribution is 2.23. The number of rotatable bonds is 4. The number of fused-ring (bicyclic) bond motifs is 1. The molecule has 0 spiro atoms. The van der Waals surface area contributed by atoms with E-state index >= 15 is 0 Å². The van der Waals surface area contributed by atoms with Gasteiger partial charge in [0, 0.05) is 51.0 Å². The molecule has 0 radical (unpaired) electrons. The minimum absolute atomic E-state index is 0.0985. The second-order valence-electron chi connectivity index (χ2n) is 8.16. The molecule has 0 saturated carbocycles. The number of anilines is 1. The Morgan fingerprint density at radius 3 is 2.53 bits per heavy atom. The summed E-state index contributed by atoms with van der Waals surface area (Å²) in [7, 11) is -3.84. The summed E-state index contributed by atoms with van der Waals surface area (Å²) in [5.74, 6) is 0.0289. The lowest BCUT2D eigenvalue weighted by Crippen LogP contribution is -2.49. The van der Waals surface area contributed by atoms with Crippen LogP contribution in [-0.4, -0.2) is 95.6 Å². The monoisotopic (exact) mass is 489 g/mol. The van der Waals surface area contributed by atoms with Gasteiger partial charge >= 0.3 is 0 Å². The largest absolute Gasteiger partial charge is 0.379 e. The SMILES string of the molecule is Cc1cc(N2CCN(C(=O)c3cc(S(=O)(=O)N4CCOCC4)ccc3F)CC2)n2ncnc2n1. The minimum Gasteiger partial charge on any atom is -0.379 e. The first-order chi connectivity index (χ1) is 16.3. The smallest absolute Gasteiger partial charge is 0.256 e. The van der Waals surface area contributed by atoms with E-state index in [1.807, 2.05) is 13.0 Å². The predicted octanol–water partition coefficient (Wildman–Crippen LogP) is 0.555. The topological polar surface area (TPSA) is 113 Å². The number of hydrogen-bond acceptors (Lipinski definition) is 8. The van der Waals surface area contributed by atoms with Gasteiger partial charge in [0.25, 0.3) is 11.7 Å². The first-order valence-corrected chi connectivity index (χ1v) is 12.4. The predicted molar refractivity (Wildman–Crippen MR) is 120 cm³/mol. The van der Waals surface area contributed by atoms with Crippen molar-refractivity contribution in [3.8, 4) is 0 Å². The number of sulfonamides is 1. The zero-order chi connectivity index (χ0) is 23.9. The first kappa shape index (κ1) is 22.6. The van der Waals surface area contributed by atoms with E-state index in [2.05, 4.69) is 20.0 Å². The molecule has 2 aliphatic heterocycles. The highest BCUT2D eigenvalue weighted by molar-refractivity contribution is 7.89. The fourth-order valence-corrected chi connectivity index (χ4v) is 5.64. The number of hydrogen-bond donors (Lipinski definition) is 0. The number of nitrogens with zero attached hydrogens (tertiary/aromatic N) is 7. The van der Waals surface area contributed by atoms with Crippen molar-refractivity contribution in [3.63, 3.8) is 0 Å². The Labute approximate surface area is 195 Å². The van der Waals surface area contributed by atoms with E-state index in [0.717, 1.165) is 23.6 Å². The molecule has 2 fully saturated rings. The molecular weight excluding hydrogens is 465 g/mol. The summed E-state index contributed by atoms with van der Waals surface area (Å²) >= 11 is 0. The van der Waals surface area contributed by atoms with Gasteiger partial charge in [-0.05, 0) is 25.1 Å². The van der Waals surface area contributed by atoms with Crippen molar-refractivity contribution in [1.82, 2.24) is 28.8 Å². The summed E-state index contributed by atoms with van der Waals surface area (Å²) in [6, 6.07) is 5.28. The van der Waals surface area contributed by atoms with Crippen molar-refractivity contribution in [2.75, 3.05) is 57.4 Å². The fourth-order valence-electron chi connectivity index (χ4n) is 4.21. The Morgan fingerprint density at radius 1 is 1.06 bits per heavy atom. The molecule has 0 unspecified atom stereocenters. The van der Waals surface area contributed by atoms with Crippen LogP contribution in [0.25, 0.3) is 5.78 Å². The molecule has 1 amide bonds. The van der Waals surface area contributed by atoms with Crippen molar-refractivity contribution in [1.29, 1.82) is 0 Å². The van der Waals surface area contributed by atoms with Crippen LogP contribution < -0.4 is 4.90 Å². The van der Waals surface area contributed by atoms with Gasteiger partial charge in [-0.1, -0.05) is 0 Å². The van der Waals surface area contributed by atoms with Gasteiger partial charge in [0.1, 0.15) is 18.0 Å². The van der Waals surface area contributed by atoms with Crippen LogP contribution in [0, 0.1) is 12.7 Å². The molecule has 5 rings (SSSR count). The van der Waals surface area contributed by atoms with Crippen LogP contribution in [0.5, 0.6) is 0 Å². The molecule has 34 heavy (non-hydrogen) atoms. The van der Waals surface area contributed by atoms with E-state index in [1.165, 1.54) is 21.6 Å². The number of amides is 1. The van der Waals surface area contributed by atoms with Crippen LogP contribution in [0.1, 0.15) is 16.1 Å². The number of aromatic nitrogens is 4. The van der Waals surface area contributed by atoms with E-state index in [0.29, 0.717) is 45.2 Å². The summed E-state index contributed by atoms with van der Waals surface area (Å²) in [4.78, 5) is 25.1. The molecular formula is C21H24FN7O4S. The molecule has 1 aromatic carbocycles. The summed E-state index contributed by atoms with van der Waals surface area (Å²) in [6.07, 6.45) is 1.44. The van der Waals surface area contributed by atoms with Crippen LogP contribution >= 0.6 is 0 Å². The van der Waals surface area contributed by atoms with Crippen molar-refractivity contribution in [2.24, 2.45) is 0 Å². The van der Waals surface area contributed by atoms with Crippen LogP contribution in [0.2, 0.25) is 0 Å². The highest BCUT2D eigenvalue weighted by atomic mass is 32.2. The molecule has 4 heterocycles. The molecule has 2 aliphatic rings. The number of halogens is 1. The third kappa shape index (κ3) is 4.10. The van der Waals surface area contributed by atoms with Gasteiger partial charge in [-0.25, -0.2) is 17.8 Å². The molecule has 2 saturated heterocycles. The quantitative estimate of drug-likeness (QED) is 0.522. The van der Waals surface area contributed by atoms with Gasteiger partial charge in [-0.2, -0.15) is 18.9 Å². The number of benzene rings is 1. The Bertz CT molecular complexity index is 1330. The minimum atomic E-state index is -3.84. The third-order valence-electron chi connectivity index (χ3n) is 6.03. The van der Waals surface area contributed by atoms with Crippen molar-refractivity contribution >= 4 is 27.5 Å². The van der Waals surface area contributed by atoms with Gasteiger partial charge in [0.15, 0.2) is 0 Å². The molecule has 11 nitrogen and oxygen atoms in total. The average Bonchev–Trinajstić information content (AvgIpc) is 3.32. The maximum atomic E-state index is 14.6. The molecule has 3 aromatic rings. The van der Waals surface area contributed by atoms with Gasteiger partial charge in [-0.3, -0.25) is 4.79 Å². The van der Waals surface area contributed by atoms with E-state index in [1.54, 1.807) is 4.52 Å². The van der Waals surface area contributed by atoms with Crippen molar-refractivity contribution in [3.05, 3.63) is 47.7 Å². The van der Waals surface area contributed by atoms with E-state index < -0.39 is 21.7 Å². The lowest BCUT2D eigenvalue weighted by Gasteiger charge is -2.36. The summed E-state index contributed by atoms with van der Waals surface area (Å²) in [5.41, 5.74) is 0.551. The highest BCUT2D eigenvalue weighted by Gasteiger charge is 2.30. The van der Waals surface area contributed by atoms with Crippen LogP contribution in [0.4, 0.5) is 10.2 Å². The van der Waals surface area contributed by atoms with Gasteiger partial charge < -0.3 is 14.5 Å². The summed E-state index contributed by atoms with van der Waals surface area (Å²) in [5, 5.41) is 4.22. The number of piperazine rings is 1. The molecule has 180 valence electrons. The number of carbonyl (C=O) groups is 1. The van der Waals surface area contributed by atoms with Gasteiger partial charge in [0.2, 0.25) is 10.0 Å². The van der Waals surface area contributed by atoms with E-state index in [4.69, 9.17) is 4.74 Å². The fraction of sp³-hybridized carbons (Fsp3) is 0.429. The Kier molecular flexibility index (Phi) is 5.91. The number of aryl methyl sites for hydroxylation is 1. The number of ether oxygens (including phenoxy) is 1.